The van der Waals surface area contributed by atoms with Gasteiger partial charge in [-0.2, -0.15) is 5.10 Å². The number of para-hydroxylation sites is 1. The van der Waals surface area contributed by atoms with Crippen LogP contribution in [-0.4, -0.2) is 9.78 Å². The van der Waals surface area contributed by atoms with Crippen molar-refractivity contribution in [2.45, 2.75) is 20.3 Å². The van der Waals surface area contributed by atoms with Crippen LogP contribution in [0.4, 0.5) is 5.69 Å². The largest absolute Gasteiger partial charge is 0.396 e. The van der Waals surface area contributed by atoms with Gasteiger partial charge in [-0.05, 0) is 30.5 Å². The number of anilines is 1. The normalized spacial score (nSPS) is 10.8. The molecule has 1 heterocycles. The molecule has 1 aromatic heterocycles. The molecule has 0 aliphatic heterocycles. The number of nitrogens with zero attached hydrogens (tertiary/aromatic N) is 2. The minimum atomic E-state index is 0.697. The van der Waals surface area contributed by atoms with Gasteiger partial charge in [-0.1, -0.05) is 49.4 Å². The lowest BCUT2D eigenvalue weighted by Crippen LogP contribution is -1.97. The Morgan fingerprint density at radius 2 is 1.76 bits per heavy atom. The van der Waals surface area contributed by atoms with Crippen LogP contribution in [-0.2, 0) is 6.42 Å². The molecular formula is C18H19N3. The van der Waals surface area contributed by atoms with Crippen LogP contribution in [0.1, 0.15) is 18.1 Å². The van der Waals surface area contributed by atoms with E-state index in [1.54, 1.807) is 0 Å². The van der Waals surface area contributed by atoms with E-state index in [2.05, 4.69) is 49.3 Å². The van der Waals surface area contributed by atoms with E-state index in [0.717, 1.165) is 23.4 Å². The highest BCUT2D eigenvalue weighted by molar-refractivity contribution is 5.72. The van der Waals surface area contributed by atoms with E-state index in [0.29, 0.717) is 5.69 Å². The highest BCUT2D eigenvalue weighted by Crippen LogP contribution is 2.26. The molecule has 0 bridgehead atoms. The van der Waals surface area contributed by atoms with E-state index < -0.39 is 0 Å². The summed E-state index contributed by atoms with van der Waals surface area (Å²) in [7, 11) is 0. The van der Waals surface area contributed by atoms with Gasteiger partial charge in [0.25, 0.3) is 0 Å². The Balaban J connectivity index is 2.03. The second-order valence-corrected chi connectivity index (χ2v) is 5.21. The maximum atomic E-state index is 6.15. The van der Waals surface area contributed by atoms with Crippen molar-refractivity contribution in [3.8, 4) is 16.9 Å². The first-order chi connectivity index (χ1) is 10.2. The van der Waals surface area contributed by atoms with Crippen LogP contribution in [0.2, 0.25) is 0 Å². The molecule has 0 atom stereocenters. The molecule has 106 valence electrons. The van der Waals surface area contributed by atoms with Gasteiger partial charge in [0, 0.05) is 5.56 Å². The number of aromatic nitrogens is 2. The summed E-state index contributed by atoms with van der Waals surface area (Å²) in [6.07, 6.45) is 2.92. The Kier molecular flexibility index (Phi) is 3.48. The first-order valence-corrected chi connectivity index (χ1v) is 7.19. The van der Waals surface area contributed by atoms with Crippen molar-refractivity contribution in [3.05, 3.63) is 65.9 Å². The van der Waals surface area contributed by atoms with Crippen molar-refractivity contribution in [3.63, 3.8) is 0 Å². The number of aryl methyl sites for hydroxylation is 2. The minimum Gasteiger partial charge on any atom is -0.396 e. The van der Waals surface area contributed by atoms with E-state index in [-0.39, 0.29) is 0 Å². The fourth-order valence-corrected chi connectivity index (χ4v) is 2.45. The number of rotatable bonds is 3. The van der Waals surface area contributed by atoms with E-state index in [4.69, 9.17) is 5.73 Å². The second-order valence-electron chi connectivity index (χ2n) is 5.21. The highest BCUT2D eigenvalue weighted by atomic mass is 15.3. The molecule has 0 fully saturated rings. The summed E-state index contributed by atoms with van der Waals surface area (Å²) in [5.41, 5.74) is 12.3. The molecule has 3 heteroatoms. The molecule has 0 spiro atoms. The Morgan fingerprint density at radius 3 is 2.43 bits per heavy atom. The molecule has 0 aliphatic rings. The third-order valence-electron chi connectivity index (χ3n) is 3.74. The maximum Gasteiger partial charge on any atom is 0.116 e. The fraction of sp³-hybridized carbons (Fsp3) is 0.167. The van der Waals surface area contributed by atoms with Crippen molar-refractivity contribution in [2.24, 2.45) is 0 Å². The quantitative estimate of drug-likeness (QED) is 0.786. The Morgan fingerprint density at radius 1 is 1.05 bits per heavy atom. The zero-order valence-corrected chi connectivity index (χ0v) is 12.4. The van der Waals surface area contributed by atoms with E-state index in [9.17, 15) is 0 Å². The average molecular weight is 277 g/mol. The van der Waals surface area contributed by atoms with Crippen LogP contribution >= 0.6 is 0 Å². The predicted molar refractivity (Wildman–Crippen MR) is 87.5 cm³/mol. The maximum absolute atomic E-state index is 6.15. The summed E-state index contributed by atoms with van der Waals surface area (Å²) in [4.78, 5) is 0. The van der Waals surface area contributed by atoms with Crippen molar-refractivity contribution < 1.29 is 0 Å². The molecule has 3 nitrogen and oxygen atoms in total. The smallest absolute Gasteiger partial charge is 0.116 e. The molecule has 0 amide bonds. The molecular weight excluding hydrogens is 258 g/mol. The first kappa shape index (κ1) is 13.4. The van der Waals surface area contributed by atoms with Gasteiger partial charge in [0.1, 0.15) is 5.69 Å². The van der Waals surface area contributed by atoms with E-state index in [1.165, 1.54) is 11.1 Å². The molecule has 0 unspecified atom stereocenters. The van der Waals surface area contributed by atoms with Gasteiger partial charge in [-0.3, -0.25) is 0 Å². The van der Waals surface area contributed by atoms with Crippen LogP contribution in [0.25, 0.3) is 16.9 Å². The molecule has 0 aliphatic carbocycles. The molecule has 21 heavy (non-hydrogen) atoms. The van der Waals surface area contributed by atoms with Crippen molar-refractivity contribution in [1.29, 1.82) is 0 Å². The average Bonchev–Trinajstić information content (AvgIpc) is 2.89. The molecule has 0 radical (unpaired) electrons. The second kappa shape index (κ2) is 5.44. The summed E-state index contributed by atoms with van der Waals surface area (Å²) >= 11 is 0. The van der Waals surface area contributed by atoms with Gasteiger partial charge in [0.15, 0.2) is 0 Å². The van der Waals surface area contributed by atoms with Gasteiger partial charge < -0.3 is 5.73 Å². The van der Waals surface area contributed by atoms with Gasteiger partial charge in [-0.15, -0.1) is 0 Å². The highest BCUT2D eigenvalue weighted by Gasteiger charge is 2.10. The fourth-order valence-electron chi connectivity index (χ4n) is 2.45. The van der Waals surface area contributed by atoms with Crippen molar-refractivity contribution in [2.75, 3.05) is 5.73 Å². The van der Waals surface area contributed by atoms with Crippen LogP contribution in [0.15, 0.2) is 54.7 Å². The van der Waals surface area contributed by atoms with Crippen LogP contribution in [0.3, 0.4) is 0 Å². The van der Waals surface area contributed by atoms with Crippen molar-refractivity contribution >= 4 is 5.69 Å². The van der Waals surface area contributed by atoms with Gasteiger partial charge in [0.05, 0.1) is 17.6 Å². The van der Waals surface area contributed by atoms with E-state index >= 15 is 0 Å². The SMILES string of the molecule is CCc1ccc(-c2nn(-c3ccccc3C)cc2N)cc1. The summed E-state index contributed by atoms with van der Waals surface area (Å²) in [6, 6.07) is 16.6. The number of nitrogen functional groups attached to an aromatic ring is 1. The number of hydrogen-bond donors (Lipinski definition) is 1. The molecule has 2 N–H and O–H groups in total. The lowest BCUT2D eigenvalue weighted by Gasteiger charge is -2.04. The topological polar surface area (TPSA) is 43.8 Å². The third-order valence-corrected chi connectivity index (χ3v) is 3.74. The lowest BCUT2D eigenvalue weighted by atomic mass is 10.1. The minimum absolute atomic E-state index is 0.697. The summed E-state index contributed by atoms with van der Waals surface area (Å²) in [6.45, 7) is 4.22. The lowest BCUT2D eigenvalue weighted by molar-refractivity contribution is 0.876. The van der Waals surface area contributed by atoms with Crippen molar-refractivity contribution in [1.82, 2.24) is 9.78 Å². The van der Waals surface area contributed by atoms with Crippen LogP contribution in [0.5, 0.6) is 0 Å². The molecule has 3 aromatic rings. The number of nitrogens with two attached hydrogens (primary N) is 1. The number of hydrogen-bond acceptors (Lipinski definition) is 2. The van der Waals surface area contributed by atoms with Gasteiger partial charge >= 0.3 is 0 Å². The zero-order chi connectivity index (χ0) is 14.8. The van der Waals surface area contributed by atoms with E-state index in [1.807, 2.05) is 29.1 Å². The predicted octanol–water partition coefficient (Wildman–Crippen LogP) is 3.99. The monoisotopic (exact) mass is 277 g/mol. The summed E-state index contributed by atoms with van der Waals surface area (Å²) in [5.74, 6) is 0. The molecule has 3 rings (SSSR count). The summed E-state index contributed by atoms with van der Waals surface area (Å²) in [5, 5.41) is 4.66. The third kappa shape index (κ3) is 2.55. The first-order valence-electron chi connectivity index (χ1n) is 7.19. The molecule has 0 saturated heterocycles. The van der Waals surface area contributed by atoms with Crippen LogP contribution < -0.4 is 5.73 Å². The molecule has 2 aromatic carbocycles. The zero-order valence-electron chi connectivity index (χ0n) is 12.4. The standard InChI is InChI=1S/C18H19N3/c1-3-14-8-10-15(11-9-14)18-16(19)12-21(20-18)17-7-5-4-6-13(17)2/h4-12H,3,19H2,1-2H3. The number of benzene rings is 2. The summed E-state index contributed by atoms with van der Waals surface area (Å²) < 4.78 is 1.85. The molecule has 0 saturated carbocycles. The Bertz CT molecular complexity index is 754. The van der Waals surface area contributed by atoms with Crippen LogP contribution in [0, 0.1) is 6.92 Å². The Hall–Kier alpha value is -2.55. The van der Waals surface area contributed by atoms with Gasteiger partial charge in [0.2, 0.25) is 0 Å². The Labute approximate surface area is 125 Å². The van der Waals surface area contributed by atoms with Gasteiger partial charge in [-0.25, -0.2) is 4.68 Å².